The van der Waals surface area contributed by atoms with E-state index in [-0.39, 0.29) is 12.4 Å². The number of rotatable bonds is 4. The third kappa shape index (κ3) is 2.95. The van der Waals surface area contributed by atoms with Crippen LogP contribution in [-0.4, -0.2) is 18.0 Å². The summed E-state index contributed by atoms with van der Waals surface area (Å²) < 4.78 is 28.3. The molecule has 1 aromatic rings. The second kappa shape index (κ2) is 4.71. The van der Waals surface area contributed by atoms with Crippen LogP contribution in [0.15, 0.2) is 18.3 Å². The minimum Gasteiger partial charge on any atom is -0.471 e. The van der Waals surface area contributed by atoms with Crippen molar-refractivity contribution in [3.05, 3.63) is 23.9 Å². The summed E-state index contributed by atoms with van der Waals surface area (Å²) in [6, 6.07) is 3.37. The SMILES string of the molecule is NCc1cccnc1OCC(F)F. The Bertz CT molecular complexity index is 268. The third-order valence-corrected chi connectivity index (χ3v) is 1.42. The van der Waals surface area contributed by atoms with Crippen molar-refractivity contribution in [1.29, 1.82) is 0 Å². The Hall–Kier alpha value is -1.23. The molecule has 2 N–H and O–H groups in total. The molecule has 5 heteroatoms. The average molecular weight is 188 g/mol. The molecule has 3 nitrogen and oxygen atoms in total. The van der Waals surface area contributed by atoms with Crippen LogP contribution in [0.25, 0.3) is 0 Å². The zero-order valence-corrected chi connectivity index (χ0v) is 6.91. The van der Waals surface area contributed by atoms with Gasteiger partial charge in [-0.1, -0.05) is 6.07 Å². The quantitative estimate of drug-likeness (QED) is 0.771. The van der Waals surface area contributed by atoms with Crippen molar-refractivity contribution in [2.75, 3.05) is 6.61 Å². The third-order valence-electron chi connectivity index (χ3n) is 1.42. The van der Waals surface area contributed by atoms with Crippen molar-refractivity contribution in [1.82, 2.24) is 4.98 Å². The van der Waals surface area contributed by atoms with Crippen molar-refractivity contribution in [2.24, 2.45) is 5.73 Å². The molecular formula is C8H10F2N2O. The zero-order chi connectivity index (χ0) is 9.68. The van der Waals surface area contributed by atoms with E-state index in [2.05, 4.69) is 4.98 Å². The van der Waals surface area contributed by atoms with Crippen LogP contribution in [0, 0.1) is 0 Å². The van der Waals surface area contributed by atoms with E-state index in [4.69, 9.17) is 10.5 Å². The van der Waals surface area contributed by atoms with Crippen LogP contribution < -0.4 is 10.5 Å². The Labute approximate surface area is 74.5 Å². The molecule has 1 aromatic heterocycles. The van der Waals surface area contributed by atoms with E-state index in [0.29, 0.717) is 5.56 Å². The van der Waals surface area contributed by atoms with Gasteiger partial charge in [0.05, 0.1) is 0 Å². The van der Waals surface area contributed by atoms with Crippen molar-refractivity contribution in [2.45, 2.75) is 13.0 Å². The van der Waals surface area contributed by atoms with Crippen molar-refractivity contribution >= 4 is 0 Å². The Kier molecular flexibility index (Phi) is 3.57. The Morgan fingerprint density at radius 3 is 2.92 bits per heavy atom. The second-order valence-electron chi connectivity index (χ2n) is 2.37. The van der Waals surface area contributed by atoms with Gasteiger partial charge in [0, 0.05) is 18.3 Å². The first-order valence-electron chi connectivity index (χ1n) is 3.79. The van der Waals surface area contributed by atoms with Crippen molar-refractivity contribution in [3.8, 4) is 5.88 Å². The Balaban J connectivity index is 2.64. The predicted octanol–water partition coefficient (Wildman–Crippen LogP) is 1.18. The number of alkyl halides is 2. The van der Waals surface area contributed by atoms with Crippen LogP contribution in [0.2, 0.25) is 0 Å². The van der Waals surface area contributed by atoms with E-state index in [1.165, 1.54) is 6.20 Å². The normalized spacial score (nSPS) is 10.5. The van der Waals surface area contributed by atoms with Gasteiger partial charge in [0.15, 0.2) is 6.61 Å². The van der Waals surface area contributed by atoms with Gasteiger partial charge in [-0.2, -0.15) is 0 Å². The van der Waals surface area contributed by atoms with Gasteiger partial charge in [0.25, 0.3) is 6.43 Å². The highest BCUT2D eigenvalue weighted by molar-refractivity contribution is 5.24. The fourth-order valence-corrected chi connectivity index (χ4v) is 0.851. The van der Waals surface area contributed by atoms with Gasteiger partial charge in [0.1, 0.15) is 0 Å². The molecule has 0 aliphatic heterocycles. The monoisotopic (exact) mass is 188 g/mol. The largest absolute Gasteiger partial charge is 0.471 e. The molecule has 0 saturated heterocycles. The fourth-order valence-electron chi connectivity index (χ4n) is 0.851. The van der Waals surface area contributed by atoms with Crippen molar-refractivity contribution in [3.63, 3.8) is 0 Å². The highest BCUT2D eigenvalue weighted by Crippen LogP contribution is 2.13. The number of hydrogen-bond acceptors (Lipinski definition) is 3. The van der Waals surface area contributed by atoms with Gasteiger partial charge in [0.2, 0.25) is 5.88 Å². The maximum Gasteiger partial charge on any atom is 0.272 e. The Morgan fingerprint density at radius 1 is 1.54 bits per heavy atom. The minimum atomic E-state index is -2.49. The number of ether oxygens (including phenoxy) is 1. The first kappa shape index (κ1) is 9.85. The van der Waals surface area contributed by atoms with Gasteiger partial charge in [-0.15, -0.1) is 0 Å². The van der Waals surface area contributed by atoms with Gasteiger partial charge in [-0.25, -0.2) is 13.8 Å². The molecule has 1 heterocycles. The number of hydrogen-bond donors (Lipinski definition) is 1. The molecule has 0 saturated carbocycles. The molecule has 0 bridgehead atoms. The summed E-state index contributed by atoms with van der Waals surface area (Å²) in [7, 11) is 0. The van der Waals surface area contributed by atoms with Crippen LogP contribution in [0.5, 0.6) is 5.88 Å². The molecule has 72 valence electrons. The van der Waals surface area contributed by atoms with Gasteiger partial charge in [-0.05, 0) is 6.07 Å². The maximum absolute atomic E-state index is 11.8. The lowest BCUT2D eigenvalue weighted by Gasteiger charge is -2.07. The molecular weight excluding hydrogens is 178 g/mol. The first-order chi connectivity index (χ1) is 6.24. The van der Waals surface area contributed by atoms with E-state index in [0.717, 1.165) is 0 Å². The zero-order valence-electron chi connectivity index (χ0n) is 6.91. The molecule has 0 unspecified atom stereocenters. The molecule has 0 spiro atoms. The van der Waals surface area contributed by atoms with Crippen LogP contribution in [0.4, 0.5) is 8.78 Å². The minimum absolute atomic E-state index is 0.185. The molecule has 13 heavy (non-hydrogen) atoms. The topological polar surface area (TPSA) is 48.1 Å². The first-order valence-corrected chi connectivity index (χ1v) is 3.79. The highest BCUT2D eigenvalue weighted by atomic mass is 19.3. The number of aromatic nitrogens is 1. The molecule has 0 aliphatic carbocycles. The summed E-state index contributed by atoms with van der Waals surface area (Å²) in [4.78, 5) is 3.79. The average Bonchev–Trinajstić information content (AvgIpc) is 2.15. The van der Waals surface area contributed by atoms with Crippen LogP contribution >= 0.6 is 0 Å². The predicted molar refractivity (Wildman–Crippen MR) is 43.6 cm³/mol. The van der Waals surface area contributed by atoms with Gasteiger partial charge in [-0.3, -0.25) is 0 Å². The molecule has 0 fully saturated rings. The number of nitrogens with two attached hydrogens (primary N) is 1. The molecule has 0 amide bonds. The second-order valence-corrected chi connectivity index (χ2v) is 2.37. The van der Waals surface area contributed by atoms with Crippen LogP contribution in [0.3, 0.4) is 0 Å². The number of nitrogens with zero attached hydrogens (tertiary/aromatic N) is 1. The summed E-state index contributed by atoms with van der Waals surface area (Å²) in [5.41, 5.74) is 5.98. The van der Waals surface area contributed by atoms with Crippen molar-refractivity contribution < 1.29 is 13.5 Å². The molecule has 0 radical (unpaired) electrons. The molecule has 0 aliphatic rings. The summed E-state index contributed by atoms with van der Waals surface area (Å²) in [6.07, 6.45) is -1.02. The highest BCUT2D eigenvalue weighted by Gasteiger charge is 2.07. The summed E-state index contributed by atoms with van der Waals surface area (Å²) in [6.45, 7) is -0.420. The van der Waals surface area contributed by atoms with E-state index in [1.54, 1.807) is 12.1 Å². The van der Waals surface area contributed by atoms with E-state index in [9.17, 15) is 8.78 Å². The van der Waals surface area contributed by atoms with Crippen LogP contribution in [0.1, 0.15) is 5.56 Å². The lowest BCUT2D eigenvalue weighted by atomic mass is 10.3. The standard InChI is InChI=1S/C8H10F2N2O/c9-7(10)5-13-8-6(4-11)2-1-3-12-8/h1-3,7H,4-5,11H2. The van der Waals surface area contributed by atoms with Gasteiger partial charge < -0.3 is 10.5 Å². The lowest BCUT2D eigenvalue weighted by molar-refractivity contribution is 0.0791. The van der Waals surface area contributed by atoms with Crippen LogP contribution in [-0.2, 0) is 6.54 Å². The molecule has 0 atom stereocenters. The Morgan fingerprint density at radius 2 is 2.31 bits per heavy atom. The summed E-state index contributed by atoms with van der Waals surface area (Å²) >= 11 is 0. The maximum atomic E-state index is 11.8. The van der Waals surface area contributed by atoms with E-state index >= 15 is 0 Å². The fraction of sp³-hybridized carbons (Fsp3) is 0.375. The smallest absolute Gasteiger partial charge is 0.272 e. The summed E-state index contributed by atoms with van der Waals surface area (Å²) in [5, 5.41) is 0. The van der Waals surface area contributed by atoms with Gasteiger partial charge >= 0.3 is 0 Å². The molecule has 1 rings (SSSR count). The molecule has 0 aromatic carbocycles. The van der Waals surface area contributed by atoms with E-state index in [1.807, 2.05) is 0 Å². The summed E-state index contributed by atoms with van der Waals surface area (Å²) in [5.74, 6) is 0.185. The number of pyridine rings is 1. The number of halogens is 2. The van der Waals surface area contributed by atoms with E-state index < -0.39 is 13.0 Å². The lowest BCUT2D eigenvalue weighted by Crippen LogP contribution is -2.10.